The summed E-state index contributed by atoms with van der Waals surface area (Å²) < 4.78 is 0. The second-order valence-electron chi connectivity index (χ2n) is 4.85. The minimum atomic E-state index is -0.445. The van der Waals surface area contributed by atoms with Crippen LogP contribution in [-0.4, -0.2) is 22.5 Å². The molecule has 2 amide bonds. The highest BCUT2D eigenvalue weighted by atomic mass is 35.5. The first-order valence-electron chi connectivity index (χ1n) is 6.95. The number of benzene rings is 1. The summed E-state index contributed by atoms with van der Waals surface area (Å²) >= 11 is 11.7. The lowest BCUT2D eigenvalue weighted by molar-refractivity contribution is -0.115. The Kier molecular flexibility index (Phi) is 6.28. The molecule has 8 heteroatoms. The number of halogens is 2. The minimum Gasteiger partial charge on any atom is -0.310 e. The predicted molar refractivity (Wildman–Crippen MR) is 94.5 cm³/mol. The van der Waals surface area contributed by atoms with Gasteiger partial charge < -0.3 is 5.32 Å². The van der Waals surface area contributed by atoms with E-state index in [-0.39, 0.29) is 12.3 Å². The van der Waals surface area contributed by atoms with Crippen molar-refractivity contribution < 1.29 is 9.59 Å². The van der Waals surface area contributed by atoms with E-state index in [9.17, 15) is 9.59 Å². The summed E-state index contributed by atoms with van der Waals surface area (Å²) in [4.78, 5) is 27.8. The van der Waals surface area contributed by atoms with Crippen molar-refractivity contribution in [3.8, 4) is 0 Å². The summed E-state index contributed by atoms with van der Waals surface area (Å²) in [5.41, 5.74) is 3.11. The molecule has 1 aromatic carbocycles. The van der Waals surface area contributed by atoms with Gasteiger partial charge in [-0.3, -0.25) is 9.59 Å². The van der Waals surface area contributed by atoms with Gasteiger partial charge in [0, 0.05) is 11.9 Å². The normalized spacial score (nSPS) is 11.0. The Hall–Kier alpha value is -2.44. The number of pyridine rings is 1. The molecule has 6 nitrogen and oxygen atoms in total. The van der Waals surface area contributed by atoms with Gasteiger partial charge in [0.2, 0.25) is 5.91 Å². The van der Waals surface area contributed by atoms with Crippen LogP contribution in [0.4, 0.5) is 5.82 Å². The van der Waals surface area contributed by atoms with E-state index in [1.54, 1.807) is 43.3 Å². The summed E-state index contributed by atoms with van der Waals surface area (Å²) in [6, 6.07) is 9.83. The first-order chi connectivity index (χ1) is 11.5. The predicted octanol–water partition coefficient (Wildman–Crippen LogP) is 3.52. The molecule has 0 radical (unpaired) electrons. The summed E-state index contributed by atoms with van der Waals surface area (Å²) in [5.74, 6) is -0.366. The van der Waals surface area contributed by atoms with Crippen molar-refractivity contribution in [1.29, 1.82) is 0 Å². The largest absolute Gasteiger partial charge is 0.310 e. The summed E-state index contributed by atoms with van der Waals surface area (Å²) in [6.45, 7) is 1.63. The zero-order chi connectivity index (χ0) is 17.5. The van der Waals surface area contributed by atoms with Crippen molar-refractivity contribution in [3.05, 3.63) is 58.2 Å². The molecule has 2 N–H and O–H groups in total. The van der Waals surface area contributed by atoms with E-state index in [0.29, 0.717) is 27.1 Å². The van der Waals surface area contributed by atoms with Gasteiger partial charge in [-0.1, -0.05) is 35.3 Å². The zero-order valence-corrected chi connectivity index (χ0v) is 14.2. The van der Waals surface area contributed by atoms with Crippen LogP contribution in [0.2, 0.25) is 10.0 Å². The van der Waals surface area contributed by atoms with Gasteiger partial charge in [-0.05, 0) is 31.2 Å². The Morgan fingerprint density at radius 1 is 1.17 bits per heavy atom. The van der Waals surface area contributed by atoms with Gasteiger partial charge in [-0.25, -0.2) is 10.4 Å². The molecule has 2 rings (SSSR count). The molecule has 0 saturated carbocycles. The molecule has 0 fully saturated rings. The molecule has 0 spiro atoms. The Labute approximate surface area is 148 Å². The summed E-state index contributed by atoms with van der Waals surface area (Å²) in [7, 11) is 0. The first-order valence-corrected chi connectivity index (χ1v) is 7.70. The lowest BCUT2D eigenvalue weighted by Crippen LogP contribution is -2.22. The molecule has 0 saturated heterocycles. The second kappa shape index (κ2) is 8.42. The third kappa shape index (κ3) is 5.33. The molecule has 0 aliphatic rings. The topological polar surface area (TPSA) is 83.4 Å². The highest BCUT2D eigenvalue weighted by molar-refractivity contribution is 6.33. The number of carbonyl (C=O) groups excluding carboxylic acids is 2. The van der Waals surface area contributed by atoms with Crippen LogP contribution in [-0.2, 0) is 4.79 Å². The van der Waals surface area contributed by atoms with Gasteiger partial charge in [-0.15, -0.1) is 0 Å². The molecule has 0 unspecified atom stereocenters. The van der Waals surface area contributed by atoms with Gasteiger partial charge in [0.05, 0.1) is 22.0 Å². The number of rotatable bonds is 5. The number of carbonyl (C=O) groups is 2. The molecule has 24 heavy (non-hydrogen) atoms. The van der Waals surface area contributed by atoms with Crippen LogP contribution in [0.5, 0.6) is 0 Å². The number of hydrogen-bond donors (Lipinski definition) is 2. The van der Waals surface area contributed by atoms with Crippen LogP contribution in [0, 0.1) is 0 Å². The Bertz CT molecular complexity index is 776. The fourth-order valence-corrected chi connectivity index (χ4v) is 2.09. The number of hydrogen-bond acceptors (Lipinski definition) is 4. The number of hydrazone groups is 1. The maximum absolute atomic E-state index is 12.0. The van der Waals surface area contributed by atoms with Crippen molar-refractivity contribution in [2.75, 3.05) is 5.32 Å². The van der Waals surface area contributed by atoms with Gasteiger partial charge in [0.1, 0.15) is 5.82 Å². The van der Waals surface area contributed by atoms with E-state index in [1.807, 2.05) is 0 Å². The fraction of sp³-hybridized carbons (Fsp3) is 0.125. The van der Waals surface area contributed by atoms with Crippen molar-refractivity contribution in [2.24, 2.45) is 5.10 Å². The first kappa shape index (κ1) is 17.9. The molecule has 1 aromatic heterocycles. The zero-order valence-electron chi connectivity index (χ0n) is 12.7. The number of nitrogens with zero attached hydrogens (tertiary/aromatic N) is 2. The molecular formula is C16H14Cl2N4O2. The monoisotopic (exact) mass is 364 g/mol. The van der Waals surface area contributed by atoms with E-state index in [2.05, 4.69) is 20.8 Å². The van der Waals surface area contributed by atoms with Gasteiger partial charge >= 0.3 is 0 Å². The second-order valence-corrected chi connectivity index (χ2v) is 5.70. The standard InChI is InChI=1S/C16H14Cl2N4O2/c1-10(8-15(23)20-14-7-6-11(17)9-19-14)21-22-16(24)12-4-2-3-5-13(12)18/h2-7,9H,8H2,1H3,(H,22,24)(H,19,20,23)/b21-10+. The maximum atomic E-state index is 12.0. The molecule has 0 aliphatic heterocycles. The lowest BCUT2D eigenvalue weighted by atomic mass is 10.2. The highest BCUT2D eigenvalue weighted by Crippen LogP contribution is 2.14. The summed E-state index contributed by atoms with van der Waals surface area (Å²) in [6.07, 6.45) is 1.44. The van der Waals surface area contributed by atoms with Crippen LogP contribution in [0.25, 0.3) is 0 Å². The highest BCUT2D eigenvalue weighted by Gasteiger charge is 2.10. The molecular weight excluding hydrogens is 351 g/mol. The number of amides is 2. The van der Waals surface area contributed by atoms with Crippen molar-refractivity contribution in [3.63, 3.8) is 0 Å². The Morgan fingerprint density at radius 2 is 1.92 bits per heavy atom. The minimum absolute atomic E-state index is 0.00705. The van der Waals surface area contributed by atoms with Crippen LogP contribution in [0.3, 0.4) is 0 Å². The SMILES string of the molecule is C/C(CC(=O)Nc1ccc(Cl)cn1)=N\NC(=O)c1ccccc1Cl. The third-order valence-electron chi connectivity index (χ3n) is 2.88. The van der Waals surface area contributed by atoms with E-state index < -0.39 is 5.91 Å². The molecule has 2 aromatic rings. The number of nitrogens with one attached hydrogen (secondary N) is 2. The fourth-order valence-electron chi connectivity index (χ4n) is 1.76. The number of aromatic nitrogens is 1. The van der Waals surface area contributed by atoms with E-state index >= 15 is 0 Å². The quantitative estimate of drug-likeness (QED) is 0.628. The molecule has 1 heterocycles. The molecule has 0 bridgehead atoms. The maximum Gasteiger partial charge on any atom is 0.272 e. The van der Waals surface area contributed by atoms with Crippen molar-refractivity contribution >= 4 is 46.5 Å². The van der Waals surface area contributed by atoms with E-state index in [0.717, 1.165) is 0 Å². The van der Waals surface area contributed by atoms with Crippen molar-refractivity contribution in [1.82, 2.24) is 10.4 Å². The van der Waals surface area contributed by atoms with Gasteiger partial charge in [0.15, 0.2) is 0 Å². The van der Waals surface area contributed by atoms with Gasteiger partial charge in [0.25, 0.3) is 5.91 Å². The third-order valence-corrected chi connectivity index (χ3v) is 3.43. The Balaban J connectivity index is 1.89. The van der Waals surface area contributed by atoms with Crippen LogP contribution >= 0.6 is 23.2 Å². The van der Waals surface area contributed by atoms with Crippen LogP contribution < -0.4 is 10.7 Å². The smallest absolute Gasteiger partial charge is 0.272 e. The van der Waals surface area contributed by atoms with E-state index in [1.165, 1.54) is 6.20 Å². The van der Waals surface area contributed by atoms with Crippen molar-refractivity contribution in [2.45, 2.75) is 13.3 Å². The molecule has 124 valence electrons. The van der Waals surface area contributed by atoms with Crippen LogP contribution in [0.1, 0.15) is 23.7 Å². The average molecular weight is 365 g/mol. The molecule has 0 aliphatic carbocycles. The lowest BCUT2D eigenvalue weighted by Gasteiger charge is -2.05. The average Bonchev–Trinajstić information content (AvgIpc) is 2.55. The summed E-state index contributed by atoms with van der Waals surface area (Å²) in [5, 5.41) is 7.31. The van der Waals surface area contributed by atoms with Crippen LogP contribution in [0.15, 0.2) is 47.7 Å². The van der Waals surface area contributed by atoms with Gasteiger partial charge in [-0.2, -0.15) is 5.10 Å². The molecule has 0 atom stereocenters. The number of anilines is 1. The Morgan fingerprint density at radius 3 is 2.58 bits per heavy atom. The van der Waals surface area contributed by atoms with E-state index in [4.69, 9.17) is 23.2 Å².